The van der Waals surface area contributed by atoms with E-state index >= 15 is 0 Å². The summed E-state index contributed by atoms with van der Waals surface area (Å²) in [6.07, 6.45) is 1.61. The number of hydrogen-bond donors (Lipinski definition) is 0. The summed E-state index contributed by atoms with van der Waals surface area (Å²) in [4.78, 5) is 11.0. The van der Waals surface area contributed by atoms with E-state index in [-0.39, 0.29) is 12.1 Å². The predicted molar refractivity (Wildman–Crippen MR) is 41.4 cm³/mol. The van der Waals surface area contributed by atoms with Crippen LogP contribution in [0.2, 0.25) is 0 Å². The number of pyridine rings is 1. The van der Waals surface area contributed by atoms with Gasteiger partial charge < -0.3 is 4.57 Å². The molecule has 3 heteroatoms. The second-order valence-electron chi connectivity index (χ2n) is 2.42. The molecule has 1 rings (SSSR count). The van der Waals surface area contributed by atoms with Gasteiger partial charge in [0.1, 0.15) is 6.67 Å². The topological polar surface area (TPSA) is 22.0 Å². The highest BCUT2D eigenvalue weighted by Gasteiger charge is 1.93. The molecular formula is C8H10FNO. The molecule has 0 aromatic carbocycles. The van der Waals surface area contributed by atoms with Crippen LogP contribution >= 0.6 is 0 Å². The van der Waals surface area contributed by atoms with Crippen molar-refractivity contribution in [2.75, 3.05) is 6.67 Å². The third-order valence-electron chi connectivity index (χ3n) is 1.48. The van der Waals surface area contributed by atoms with E-state index < -0.39 is 6.67 Å². The van der Waals surface area contributed by atoms with Gasteiger partial charge in [-0.15, -0.1) is 0 Å². The molecule has 0 bridgehead atoms. The molecule has 1 heterocycles. The van der Waals surface area contributed by atoms with E-state index in [0.717, 1.165) is 5.56 Å². The molecule has 0 radical (unpaired) electrons. The summed E-state index contributed by atoms with van der Waals surface area (Å²) in [6, 6.07) is 3.28. The maximum Gasteiger partial charge on any atom is 0.250 e. The van der Waals surface area contributed by atoms with Crippen LogP contribution < -0.4 is 5.56 Å². The van der Waals surface area contributed by atoms with E-state index in [1.807, 2.05) is 6.92 Å². The number of aryl methyl sites for hydroxylation is 2. The molecule has 0 unspecified atom stereocenters. The van der Waals surface area contributed by atoms with Crippen molar-refractivity contribution in [1.29, 1.82) is 0 Å². The molecule has 11 heavy (non-hydrogen) atoms. The van der Waals surface area contributed by atoms with Crippen molar-refractivity contribution in [1.82, 2.24) is 4.57 Å². The normalized spacial score (nSPS) is 10.0. The lowest BCUT2D eigenvalue weighted by molar-refractivity contribution is 0.440. The lowest BCUT2D eigenvalue weighted by atomic mass is 10.3. The van der Waals surface area contributed by atoms with Crippen LogP contribution in [0, 0.1) is 6.92 Å². The number of nitrogens with zero attached hydrogens (tertiary/aromatic N) is 1. The van der Waals surface area contributed by atoms with E-state index in [0.29, 0.717) is 0 Å². The number of aromatic nitrogens is 1. The quantitative estimate of drug-likeness (QED) is 0.627. The minimum Gasteiger partial charge on any atom is -0.313 e. The summed E-state index contributed by atoms with van der Waals surface area (Å²) < 4.78 is 13.2. The van der Waals surface area contributed by atoms with Gasteiger partial charge in [-0.3, -0.25) is 4.79 Å². The molecule has 0 aliphatic rings. The van der Waals surface area contributed by atoms with E-state index in [1.54, 1.807) is 12.3 Å². The molecular weight excluding hydrogens is 145 g/mol. The Morgan fingerprint density at radius 1 is 1.64 bits per heavy atom. The molecule has 0 spiro atoms. The molecule has 0 aliphatic carbocycles. The van der Waals surface area contributed by atoms with Gasteiger partial charge in [0, 0.05) is 12.3 Å². The summed E-state index contributed by atoms with van der Waals surface area (Å²) in [5.74, 6) is 0. The van der Waals surface area contributed by atoms with E-state index in [9.17, 15) is 9.18 Å². The molecule has 0 aliphatic heterocycles. The highest BCUT2D eigenvalue weighted by atomic mass is 19.1. The molecule has 0 fully saturated rings. The van der Waals surface area contributed by atoms with Crippen LogP contribution in [-0.2, 0) is 6.54 Å². The van der Waals surface area contributed by atoms with Crippen molar-refractivity contribution in [3.05, 3.63) is 34.2 Å². The van der Waals surface area contributed by atoms with E-state index in [1.165, 1.54) is 10.6 Å². The fourth-order valence-corrected chi connectivity index (χ4v) is 0.883. The average molecular weight is 155 g/mol. The number of alkyl halides is 1. The van der Waals surface area contributed by atoms with Gasteiger partial charge in [-0.1, -0.05) is 0 Å². The third kappa shape index (κ3) is 1.90. The van der Waals surface area contributed by atoms with Gasteiger partial charge in [-0.25, -0.2) is 4.39 Å². The minimum absolute atomic E-state index is 0.136. The fraction of sp³-hybridized carbons (Fsp3) is 0.375. The Bertz CT molecular complexity index is 292. The summed E-state index contributed by atoms with van der Waals surface area (Å²) in [5.41, 5.74) is 0.771. The van der Waals surface area contributed by atoms with Crippen molar-refractivity contribution in [2.24, 2.45) is 0 Å². The van der Waals surface area contributed by atoms with Crippen LogP contribution in [0.25, 0.3) is 0 Å². The van der Waals surface area contributed by atoms with E-state index in [2.05, 4.69) is 0 Å². The highest BCUT2D eigenvalue weighted by molar-refractivity contribution is 5.07. The molecule has 1 aromatic heterocycles. The first-order chi connectivity index (χ1) is 5.24. The zero-order chi connectivity index (χ0) is 8.27. The van der Waals surface area contributed by atoms with E-state index in [4.69, 9.17) is 0 Å². The third-order valence-corrected chi connectivity index (χ3v) is 1.48. The first-order valence-corrected chi connectivity index (χ1v) is 3.47. The van der Waals surface area contributed by atoms with Gasteiger partial charge in [0.25, 0.3) is 5.56 Å². The van der Waals surface area contributed by atoms with Crippen molar-refractivity contribution in [2.45, 2.75) is 13.5 Å². The largest absolute Gasteiger partial charge is 0.313 e. The van der Waals surface area contributed by atoms with Crippen LogP contribution in [0.4, 0.5) is 4.39 Å². The summed E-state index contributed by atoms with van der Waals surface area (Å²) >= 11 is 0. The van der Waals surface area contributed by atoms with Crippen LogP contribution in [-0.4, -0.2) is 11.2 Å². The first-order valence-electron chi connectivity index (χ1n) is 3.47. The standard InChI is InChI=1S/C8H10FNO/c1-7-2-4-10(5-3-9)8(11)6-7/h2,4,6H,3,5H2,1H3. The van der Waals surface area contributed by atoms with Gasteiger partial charge >= 0.3 is 0 Å². The zero-order valence-electron chi connectivity index (χ0n) is 6.38. The molecule has 60 valence electrons. The van der Waals surface area contributed by atoms with Gasteiger partial charge in [0.15, 0.2) is 0 Å². The van der Waals surface area contributed by atoms with Gasteiger partial charge in [-0.2, -0.15) is 0 Å². The van der Waals surface area contributed by atoms with Crippen LogP contribution in [0.1, 0.15) is 5.56 Å². The lowest BCUT2D eigenvalue weighted by Crippen LogP contribution is -2.19. The molecule has 2 nitrogen and oxygen atoms in total. The van der Waals surface area contributed by atoms with Crippen LogP contribution in [0.3, 0.4) is 0 Å². The Labute approximate surface area is 64.3 Å². The Morgan fingerprint density at radius 2 is 2.36 bits per heavy atom. The smallest absolute Gasteiger partial charge is 0.250 e. The molecule has 0 saturated heterocycles. The van der Waals surface area contributed by atoms with Gasteiger partial charge in [-0.05, 0) is 18.6 Å². The van der Waals surface area contributed by atoms with Crippen LogP contribution in [0.15, 0.2) is 23.1 Å². The Hall–Kier alpha value is -1.12. The molecule has 0 saturated carbocycles. The monoisotopic (exact) mass is 155 g/mol. The first kappa shape index (κ1) is 7.98. The average Bonchev–Trinajstić information content (AvgIpc) is 1.95. The van der Waals surface area contributed by atoms with Gasteiger partial charge in [0.05, 0.1) is 6.54 Å². The number of rotatable bonds is 2. The van der Waals surface area contributed by atoms with Gasteiger partial charge in [0.2, 0.25) is 0 Å². The van der Waals surface area contributed by atoms with Crippen molar-refractivity contribution >= 4 is 0 Å². The molecule has 0 N–H and O–H groups in total. The maximum absolute atomic E-state index is 11.8. The highest BCUT2D eigenvalue weighted by Crippen LogP contribution is 1.90. The minimum atomic E-state index is -0.497. The summed E-state index contributed by atoms with van der Waals surface area (Å²) in [6.45, 7) is 1.49. The van der Waals surface area contributed by atoms with Crippen molar-refractivity contribution in [3.63, 3.8) is 0 Å². The Morgan fingerprint density at radius 3 is 2.91 bits per heavy atom. The second kappa shape index (κ2) is 3.32. The number of halogens is 1. The Kier molecular flexibility index (Phi) is 2.41. The Balaban J connectivity index is 3.00. The summed E-state index contributed by atoms with van der Waals surface area (Å²) in [7, 11) is 0. The SMILES string of the molecule is Cc1ccn(CCF)c(=O)c1. The molecule has 0 atom stereocenters. The van der Waals surface area contributed by atoms with Crippen LogP contribution in [0.5, 0.6) is 0 Å². The zero-order valence-corrected chi connectivity index (χ0v) is 6.38. The summed E-state index contributed by atoms with van der Waals surface area (Å²) in [5, 5.41) is 0. The fourth-order valence-electron chi connectivity index (χ4n) is 0.883. The molecule has 0 amide bonds. The molecule has 1 aromatic rings. The second-order valence-corrected chi connectivity index (χ2v) is 2.42. The maximum atomic E-state index is 11.8. The number of hydrogen-bond acceptors (Lipinski definition) is 1. The van der Waals surface area contributed by atoms with Crippen molar-refractivity contribution < 1.29 is 4.39 Å². The predicted octanol–water partition coefficient (Wildman–Crippen LogP) is 1.13. The lowest BCUT2D eigenvalue weighted by Gasteiger charge is -2.00. The van der Waals surface area contributed by atoms with Crippen molar-refractivity contribution in [3.8, 4) is 0 Å².